The second-order valence-electron chi connectivity index (χ2n) is 4.79. The van der Waals surface area contributed by atoms with Crippen LogP contribution in [0.25, 0.3) is 0 Å². The van der Waals surface area contributed by atoms with E-state index in [1.165, 1.54) is 9.80 Å². The van der Waals surface area contributed by atoms with Gasteiger partial charge < -0.3 is 15.3 Å². The van der Waals surface area contributed by atoms with E-state index < -0.39 is 5.97 Å². The van der Waals surface area contributed by atoms with Crippen LogP contribution in [0.4, 0.5) is 0 Å². The molecule has 1 aliphatic carbocycles. The molecule has 0 unspecified atom stereocenters. The largest absolute Gasteiger partial charge is 0.480 e. The first kappa shape index (κ1) is 15.4. The highest BCUT2D eigenvalue weighted by molar-refractivity contribution is 5.86. The first-order chi connectivity index (χ1) is 8.92. The first-order valence-electron chi connectivity index (χ1n) is 6.39. The minimum absolute atomic E-state index is 0.00993. The Bertz CT molecular complexity index is 355. The van der Waals surface area contributed by atoms with Crippen LogP contribution in [-0.2, 0) is 14.4 Å². The van der Waals surface area contributed by atoms with Crippen LogP contribution in [0.3, 0.4) is 0 Å². The number of nitrogens with one attached hydrogen (secondary N) is 1. The average Bonchev–Trinajstić information content (AvgIpc) is 3.10. The van der Waals surface area contributed by atoms with Crippen LogP contribution in [0.2, 0.25) is 0 Å². The van der Waals surface area contributed by atoms with Gasteiger partial charge in [0.1, 0.15) is 0 Å². The van der Waals surface area contributed by atoms with Gasteiger partial charge in [0, 0.05) is 13.1 Å². The number of hydrogen-bond acceptors (Lipinski definition) is 4. The molecule has 0 aromatic heterocycles. The van der Waals surface area contributed by atoms with Crippen LogP contribution in [-0.4, -0.2) is 72.0 Å². The van der Waals surface area contributed by atoms with Crippen molar-refractivity contribution in [2.24, 2.45) is 0 Å². The molecular weight excluding hydrogens is 250 g/mol. The highest BCUT2D eigenvalue weighted by Gasteiger charge is 2.24. The molecule has 0 radical (unpaired) electrons. The van der Waals surface area contributed by atoms with E-state index in [-0.39, 0.29) is 37.5 Å². The number of hydrogen-bond donors (Lipinski definition) is 2. The van der Waals surface area contributed by atoms with Gasteiger partial charge >= 0.3 is 5.97 Å². The van der Waals surface area contributed by atoms with Crippen LogP contribution in [0.5, 0.6) is 0 Å². The maximum Gasteiger partial charge on any atom is 0.317 e. The Kier molecular flexibility index (Phi) is 5.75. The van der Waals surface area contributed by atoms with Crippen LogP contribution >= 0.6 is 0 Å². The lowest BCUT2D eigenvalue weighted by Gasteiger charge is -2.22. The van der Waals surface area contributed by atoms with Crippen molar-refractivity contribution in [3.63, 3.8) is 0 Å². The molecule has 7 heteroatoms. The van der Waals surface area contributed by atoms with Crippen molar-refractivity contribution in [1.29, 1.82) is 0 Å². The maximum atomic E-state index is 11.8. The molecular formula is C12H21N3O4. The summed E-state index contributed by atoms with van der Waals surface area (Å²) in [6.07, 6.45) is 2.01. The van der Waals surface area contributed by atoms with Gasteiger partial charge in [0.25, 0.3) is 0 Å². The van der Waals surface area contributed by atoms with Gasteiger partial charge in [-0.1, -0.05) is 6.92 Å². The van der Waals surface area contributed by atoms with E-state index in [1.54, 1.807) is 14.0 Å². The molecule has 1 saturated carbocycles. The predicted molar refractivity (Wildman–Crippen MR) is 68.6 cm³/mol. The molecule has 0 spiro atoms. The second-order valence-corrected chi connectivity index (χ2v) is 4.79. The topological polar surface area (TPSA) is 90.0 Å². The zero-order valence-corrected chi connectivity index (χ0v) is 11.4. The minimum Gasteiger partial charge on any atom is -0.480 e. The van der Waals surface area contributed by atoms with E-state index in [0.717, 1.165) is 12.8 Å². The Balaban J connectivity index is 2.33. The zero-order valence-electron chi connectivity index (χ0n) is 11.4. The van der Waals surface area contributed by atoms with Gasteiger partial charge in [-0.05, 0) is 19.4 Å². The zero-order chi connectivity index (χ0) is 14.4. The quantitative estimate of drug-likeness (QED) is 0.599. The monoisotopic (exact) mass is 271 g/mol. The van der Waals surface area contributed by atoms with Gasteiger partial charge in [0.15, 0.2) is 0 Å². The summed E-state index contributed by atoms with van der Waals surface area (Å²) < 4.78 is 0. The first-order valence-corrected chi connectivity index (χ1v) is 6.39. The van der Waals surface area contributed by atoms with Crippen molar-refractivity contribution >= 4 is 17.8 Å². The third-order valence-electron chi connectivity index (χ3n) is 2.91. The van der Waals surface area contributed by atoms with Crippen molar-refractivity contribution in [3.05, 3.63) is 0 Å². The molecule has 2 N–H and O–H groups in total. The number of carbonyl (C=O) groups excluding carboxylic acids is 2. The van der Waals surface area contributed by atoms with Crippen molar-refractivity contribution in [1.82, 2.24) is 15.1 Å². The molecule has 0 heterocycles. The molecule has 0 saturated heterocycles. The van der Waals surface area contributed by atoms with E-state index in [1.807, 2.05) is 0 Å². The SMILES string of the molecule is CCN(CC(=O)O)CC(=O)N(C)CC(=O)NC1CC1. The number of nitrogens with zero attached hydrogens (tertiary/aromatic N) is 2. The van der Waals surface area contributed by atoms with Crippen molar-refractivity contribution in [2.75, 3.05) is 33.2 Å². The van der Waals surface area contributed by atoms with Crippen LogP contribution in [0, 0.1) is 0 Å². The molecule has 108 valence electrons. The Morgan fingerprint density at radius 2 is 1.84 bits per heavy atom. The van der Waals surface area contributed by atoms with Crippen molar-refractivity contribution in [3.8, 4) is 0 Å². The van der Waals surface area contributed by atoms with E-state index in [9.17, 15) is 14.4 Å². The predicted octanol–water partition coefficient (Wildman–Crippen LogP) is -0.870. The summed E-state index contributed by atoms with van der Waals surface area (Å²) in [5, 5.41) is 11.5. The van der Waals surface area contributed by atoms with Crippen LogP contribution in [0.1, 0.15) is 19.8 Å². The molecule has 2 amide bonds. The lowest BCUT2D eigenvalue weighted by Crippen LogP contribution is -2.44. The summed E-state index contributed by atoms with van der Waals surface area (Å²) in [4.78, 5) is 36.8. The molecule has 0 aromatic carbocycles. The van der Waals surface area contributed by atoms with Crippen molar-refractivity contribution < 1.29 is 19.5 Å². The third kappa shape index (κ3) is 6.19. The van der Waals surface area contributed by atoms with E-state index in [4.69, 9.17) is 5.11 Å². The van der Waals surface area contributed by atoms with Crippen molar-refractivity contribution in [2.45, 2.75) is 25.8 Å². The Labute approximate surface area is 112 Å². The molecule has 19 heavy (non-hydrogen) atoms. The fraction of sp³-hybridized carbons (Fsp3) is 0.750. The molecule has 0 aromatic rings. The Morgan fingerprint density at radius 3 is 2.32 bits per heavy atom. The summed E-state index contributed by atoms with van der Waals surface area (Å²) in [5.41, 5.74) is 0. The number of carbonyl (C=O) groups is 3. The third-order valence-corrected chi connectivity index (χ3v) is 2.91. The molecule has 1 fully saturated rings. The molecule has 0 aliphatic heterocycles. The number of carboxylic acids is 1. The van der Waals surface area contributed by atoms with E-state index in [2.05, 4.69) is 5.32 Å². The van der Waals surface area contributed by atoms with Crippen LogP contribution < -0.4 is 5.32 Å². The summed E-state index contributed by atoms with van der Waals surface area (Å²) in [6.45, 7) is 2.11. The fourth-order valence-corrected chi connectivity index (χ4v) is 1.59. The minimum atomic E-state index is -0.969. The summed E-state index contributed by atoms with van der Waals surface area (Å²) in [7, 11) is 1.55. The van der Waals surface area contributed by atoms with E-state index >= 15 is 0 Å². The number of carboxylic acid groups (broad SMARTS) is 1. The van der Waals surface area contributed by atoms with Gasteiger partial charge in [-0.25, -0.2) is 0 Å². The Hall–Kier alpha value is -1.63. The van der Waals surface area contributed by atoms with Gasteiger partial charge in [-0.2, -0.15) is 0 Å². The van der Waals surface area contributed by atoms with Crippen LogP contribution in [0.15, 0.2) is 0 Å². The second kappa shape index (κ2) is 7.08. The molecule has 1 aliphatic rings. The number of aliphatic carboxylic acids is 1. The summed E-state index contributed by atoms with van der Waals surface area (Å²) in [6, 6.07) is 0.273. The smallest absolute Gasteiger partial charge is 0.317 e. The normalized spacial score (nSPS) is 14.3. The number of rotatable bonds is 8. The maximum absolute atomic E-state index is 11.8. The lowest BCUT2D eigenvalue weighted by atomic mass is 10.4. The van der Waals surface area contributed by atoms with Gasteiger partial charge in [-0.3, -0.25) is 19.3 Å². The van der Waals surface area contributed by atoms with E-state index in [0.29, 0.717) is 6.54 Å². The standard InChI is InChI=1S/C12H21N3O4/c1-3-15(8-12(18)19)7-11(17)14(2)6-10(16)13-9-4-5-9/h9H,3-8H2,1-2H3,(H,13,16)(H,18,19). The lowest BCUT2D eigenvalue weighted by molar-refractivity contribution is -0.140. The highest BCUT2D eigenvalue weighted by atomic mass is 16.4. The summed E-state index contributed by atoms with van der Waals surface area (Å²) >= 11 is 0. The highest BCUT2D eigenvalue weighted by Crippen LogP contribution is 2.18. The summed E-state index contributed by atoms with van der Waals surface area (Å²) in [5.74, 6) is -1.39. The number of amides is 2. The van der Waals surface area contributed by atoms with Gasteiger partial charge in [0.2, 0.25) is 11.8 Å². The number of likely N-dealkylation sites (N-methyl/N-ethyl adjacent to an activating group) is 2. The molecule has 0 atom stereocenters. The molecule has 7 nitrogen and oxygen atoms in total. The average molecular weight is 271 g/mol. The van der Waals surface area contributed by atoms with Gasteiger partial charge in [0.05, 0.1) is 19.6 Å². The Morgan fingerprint density at radius 1 is 1.21 bits per heavy atom. The fourth-order valence-electron chi connectivity index (χ4n) is 1.59. The van der Waals surface area contributed by atoms with Gasteiger partial charge in [-0.15, -0.1) is 0 Å². The molecule has 0 bridgehead atoms. The molecule has 1 rings (SSSR count).